The average Bonchev–Trinajstić information content (AvgIpc) is 3.05. The van der Waals surface area contributed by atoms with Crippen LogP contribution in [0.2, 0.25) is 5.02 Å². The van der Waals surface area contributed by atoms with Gasteiger partial charge in [0.1, 0.15) is 0 Å². The molecule has 0 atom stereocenters. The molecule has 0 bridgehead atoms. The zero-order valence-electron chi connectivity index (χ0n) is 13.5. The quantitative estimate of drug-likeness (QED) is 0.355. The fourth-order valence-electron chi connectivity index (χ4n) is 2.26. The molecule has 0 saturated heterocycles. The predicted octanol–water partition coefficient (Wildman–Crippen LogP) is 3.61. The van der Waals surface area contributed by atoms with E-state index in [4.69, 9.17) is 33.3 Å². The highest BCUT2D eigenvalue weighted by atomic mass is 35.5. The monoisotopic (exact) mass is 392 g/mol. The van der Waals surface area contributed by atoms with Crippen molar-refractivity contribution in [3.05, 3.63) is 56.6 Å². The SMILES string of the molecule is Cc1c(Cl)cccc1NC(=S)N/N=C/c1cc2c(cc1[N+](=O)[O-])OCO2. The van der Waals surface area contributed by atoms with Crippen LogP contribution in [0.4, 0.5) is 11.4 Å². The highest BCUT2D eigenvalue weighted by Gasteiger charge is 2.22. The number of fused-ring (bicyclic) bond motifs is 1. The number of nitro groups is 1. The van der Waals surface area contributed by atoms with Gasteiger partial charge in [0.05, 0.1) is 22.8 Å². The molecule has 0 aromatic heterocycles. The van der Waals surface area contributed by atoms with Crippen molar-refractivity contribution < 1.29 is 14.4 Å². The highest BCUT2D eigenvalue weighted by Crippen LogP contribution is 2.37. The van der Waals surface area contributed by atoms with Crippen molar-refractivity contribution in [2.45, 2.75) is 6.92 Å². The lowest BCUT2D eigenvalue weighted by atomic mass is 10.1. The van der Waals surface area contributed by atoms with Crippen LogP contribution in [0.25, 0.3) is 0 Å². The third-order valence-corrected chi connectivity index (χ3v) is 4.21. The molecule has 2 aromatic carbocycles. The Kier molecular flexibility index (Phi) is 5.19. The first-order valence-corrected chi connectivity index (χ1v) is 8.17. The topological polar surface area (TPSA) is 98.0 Å². The number of nitro benzene ring substituents is 1. The minimum absolute atomic E-state index is 0.0261. The molecule has 1 aliphatic heterocycles. The average molecular weight is 393 g/mol. The van der Waals surface area contributed by atoms with E-state index in [-0.39, 0.29) is 23.2 Å². The molecule has 0 saturated carbocycles. The number of hydrazone groups is 1. The molecule has 0 aliphatic carbocycles. The van der Waals surface area contributed by atoms with Gasteiger partial charge in [0.2, 0.25) is 6.79 Å². The lowest BCUT2D eigenvalue weighted by Gasteiger charge is -2.10. The molecule has 0 fully saturated rings. The summed E-state index contributed by atoms with van der Waals surface area (Å²) in [6.07, 6.45) is 1.29. The van der Waals surface area contributed by atoms with E-state index in [0.29, 0.717) is 16.5 Å². The van der Waals surface area contributed by atoms with Crippen molar-refractivity contribution in [2.24, 2.45) is 5.10 Å². The van der Waals surface area contributed by atoms with Gasteiger partial charge in [-0.3, -0.25) is 15.5 Å². The molecule has 2 aromatic rings. The van der Waals surface area contributed by atoms with E-state index in [0.717, 1.165) is 11.3 Å². The number of anilines is 1. The molecule has 26 heavy (non-hydrogen) atoms. The van der Waals surface area contributed by atoms with Crippen molar-refractivity contribution in [3.8, 4) is 11.5 Å². The number of thiocarbonyl (C=S) groups is 1. The van der Waals surface area contributed by atoms with Crippen molar-refractivity contribution >= 4 is 46.5 Å². The van der Waals surface area contributed by atoms with Gasteiger partial charge in [-0.05, 0) is 42.9 Å². The van der Waals surface area contributed by atoms with E-state index in [9.17, 15) is 10.1 Å². The molecule has 0 amide bonds. The van der Waals surface area contributed by atoms with E-state index in [1.54, 1.807) is 12.1 Å². The third-order valence-electron chi connectivity index (χ3n) is 3.60. The summed E-state index contributed by atoms with van der Waals surface area (Å²) in [5.74, 6) is 0.753. The van der Waals surface area contributed by atoms with Gasteiger partial charge < -0.3 is 14.8 Å². The summed E-state index contributed by atoms with van der Waals surface area (Å²) >= 11 is 11.2. The second-order valence-corrected chi connectivity index (χ2v) is 6.07. The summed E-state index contributed by atoms with van der Waals surface area (Å²) in [7, 11) is 0. The molecule has 3 rings (SSSR count). The van der Waals surface area contributed by atoms with Gasteiger partial charge in [-0.25, -0.2) is 0 Å². The molecule has 1 aliphatic rings. The summed E-state index contributed by atoms with van der Waals surface area (Å²) in [4.78, 5) is 10.7. The predicted molar refractivity (Wildman–Crippen MR) is 102 cm³/mol. The zero-order chi connectivity index (χ0) is 18.7. The van der Waals surface area contributed by atoms with Crippen LogP contribution in [-0.4, -0.2) is 23.0 Å². The van der Waals surface area contributed by atoms with Gasteiger partial charge in [0, 0.05) is 10.7 Å². The Balaban J connectivity index is 1.71. The van der Waals surface area contributed by atoms with E-state index < -0.39 is 4.92 Å². The molecule has 2 N–H and O–H groups in total. The van der Waals surface area contributed by atoms with Crippen LogP contribution in [0.1, 0.15) is 11.1 Å². The van der Waals surface area contributed by atoms with Crippen LogP contribution in [0.15, 0.2) is 35.4 Å². The number of nitrogens with one attached hydrogen (secondary N) is 2. The molecule has 10 heteroatoms. The first kappa shape index (κ1) is 17.9. The van der Waals surface area contributed by atoms with Gasteiger partial charge in [-0.15, -0.1) is 0 Å². The summed E-state index contributed by atoms with van der Waals surface area (Å²) in [5.41, 5.74) is 4.30. The third kappa shape index (κ3) is 3.84. The molecule has 0 spiro atoms. The Morgan fingerprint density at radius 1 is 1.38 bits per heavy atom. The molecule has 1 heterocycles. The van der Waals surface area contributed by atoms with Crippen molar-refractivity contribution in [2.75, 3.05) is 12.1 Å². The summed E-state index contributed by atoms with van der Waals surface area (Å²) in [5, 5.41) is 18.9. The number of hydrogen-bond acceptors (Lipinski definition) is 6. The van der Waals surface area contributed by atoms with Gasteiger partial charge in [0.25, 0.3) is 5.69 Å². The molecule has 0 radical (unpaired) electrons. The second-order valence-electron chi connectivity index (χ2n) is 5.26. The maximum absolute atomic E-state index is 11.2. The van der Waals surface area contributed by atoms with Gasteiger partial charge in [-0.2, -0.15) is 5.10 Å². The van der Waals surface area contributed by atoms with Crippen molar-refractivity contribution in [1.29, 1.82) is 0 Å². The summed E-state index contributed by atoms with van der Waals surface area (Å²) < 4.78 is 10.4. The van der Waals surface area contributed by atoms with E-state index >= 15 is 0 Å². The van der Waals surface area contributed by atoms with Crippen LogP contribution < -0.4 is 20.2 Å². The molecular weight excluding hydrogens is 380 g/mol. The molecule has 8 nitrogen and oxygen atoms in total. The summed E-state index contributed by atoms with van der Waals surface area (Å²) in [6.45, 7) is 1.88. The normalized spacial score (nSPS) is 12.2. The second kappa shape index (κ2) is 7.54. The Morgan fingerprint density at radius 2 is 2.12 bits per heavy atom. The molecule has 134 valence electrons. The minimum Gasteiger partial charge on any atom is -0.454 e. The number of rotatable bonds is 4. The van der Waals surface area contributed by atoms with Crippen molar-refractivity contribution in [3.63, 3.8) is 0 Å². The van der Waals surface area contributed by atoms with Crippen molar-refractivity contribution in [1.82, 2.24) is 5.43 Å². The smallest absolute Gasteiger partial charge is 0.282 e. The van der Waals surface area contributed by atoms with Crippen LogP contribution in [0, 0.1) is 17.0 Å². The van der Waals surface area contributed by atoms with Crippen LogP contribution >= 0.6 is 23.8 Å². The standard InChI is InChI=1S/C16H13ClN4O4S/c1-9-11(17)3-2-4-12(9)19-16(26)20-18-7-10-5-14-15(25-8-24-14)6-13(10)21(22)23/h2-7H,8H2,1H3,(H2,19,20,26)/b18-7+. The first-order chi connectivity index (χ1) is 12.5. The lowest BCUT2D eigenvalue weighted by molar-refractivity contribution is -0.385. The fourth-order valence-corrected chi connectivity index (χ4v) is 2.60. The van der Waals surface area contributed by atoms with E-state index in [1.165, 1.54) is 18.3 Å². The number of benzene rings is 2. The van der Waals surface area contributed by atoms with Gasteiger partial charge in [-0.1, -0.05) is 17.7 Å². The number of halogens is 1. The maximum Gasteiger partial charge on any atom is 0.282 e. The Labute approximate surface area is 158 Å². The van der Waals surface area contributed by atoms with Crippen LogP contribution in [0.5, 0.6) is 11.5 Å². The molecular formula is C16H13ClN4O4S. The molecule has 0 unspecified atom stereocenters. The number of ether oxygens (including phenoxy) is 2. The maximum atomic E-state index is 11.2. The lowest BCUT2D eigenvalue weighted by Crippen LogP contribution is -2.24. The first-order valence-electron chi connectivity index (χ1n) is 7.39. The van der Waals surface area contributed by atoms with E-state index in [1.807, 2.05) is 13.0 Å². The Hall–Kier alpha value is -2.91. The number of hydrogen-bond donors (Lipinski definition) is 2. The minimum atomic E-state index is -0.519. The van der Waals surface area contributed by atoms with Crippen LogP contribution in [0.3, 0.4) is 0 Å². The highest BCUT2D eigenvalue weighted by molar-refractivity contribution is 7.80. The summed E-state index contributed by atoms with van der Waals surface area (Å²) in [6, 6.07) is 8.18. The number of nitrogens with zero attached hydrogens (tertiary/aromatic N) is 2. The van der Waals surface area contributed by atoms with Gasteiger partial charge in [0.15, 0.2) is 16.6 Å². The zero-order valence-corrected chi connectivity index (χ0v) is 15.1. The Bertz CT molecular complexity index is 919. The van der Waals surface area contributed by atoms with Gasteiger partial charge >= 0.3 is 0 Å². The van der Waals surface area contributed by atoms with Crippen LogP contribution in [-0.2, 0) is 0 Å². The fraction of sp³-hybridized carbons (Fsp3) is 0.125. The largest absolute Gasteiger partial charge is 0.454 e. The Morgan fingerprint density at radius 3 is 2.85 bits per heavy atom. The van der Waals surface area contributed by atoms with E-state index in [2.05, 4.69) is 15.8 Å².